The van der Waals surface area contributed by atoms with Gasteiger partial charge in [-0.05, 0) is 36.2 Å². The van der Waals surface area contributed by atoms with Crippen LogP contribution in [0, 0.1) is 0 Å². The first-order valence-electron chi connectivity index (χ1n) is 10.1. The van der Waals surface area contributed by atoms with Crippen molar-refractivity contribution in [1.29, 1.82) is 0 Å². The minimum absolute atomic E-state index is 0.137. The third kappa shape index (κ3) is 4.67. The molecule has 1 heterocycles. The quantitative estimate of drug-likeness (QED) is 0.459. The van der Waals surface area contributed by atoms with Gasteiger partial charge >= 0.3 is 5.63 Å². The van der Waals surface area contributed by atoms with Crippen LogP contribution in [0.1, 0.15) is 18.1 Å². The second-order valence-corrected chi connectivity index (χ2v) is 7.58. The third-order valence-corrected chi connectivity index (χ3v) is 5.43. The SMILES string of the molecule is CC(CNC(=O)COc1ccc2ccc(=O)oc2c1)(c1ccccc1)c1ccccc1. The number of hydrogen-bond donors (Lipinski definition) is 1. The summed E-state index contributed by atoms with van der Waals surface area (Å²) in [6.45, 7) is 2.40. The maximum Gasteiger partial charge on any atom is 0.336 e. The number of carbonyl (C=O) groups is 1. The lowest BCUT2D eigenvalue weighted by Gasteiger charge is -2.31. The topological polar surface area (TPSA) is 68.5 Å². The van der Waals surface area contributed by atoms with Crippen molar-refractivity contribution in [3.05, 3.63) is 113 Å². The van der Waals surface area contributed by atoms with Crippen molar-refractivity contribution in [3.63, 3.8) is 0 Å². The van der Waals surface area contributed by atoms with E-state index in [1.165, 1.54) is 6.07 Å². The molecule has 0 radical (unpaired) electrons. The number of fused-ring (bicyclic) bond motifs is 1. The van der Waals surface area contributed by atoms with Gasteiger partial charge < -0.3 is 14.5 Å². The van der Waals surface area contributed by atoms with E-state index in [0.29, 0.717) is 17.9 Å². The summed E-state index contributed by atoms with van der Waals surface area (Å²) < 4.78 is 10.8. The molecule has 0 spiro atoms. The predicted molar refractivity (Wildman–Crippen MR) is 120 cm³/mol. The lowest BCUT2D eigenvalue weighted by molar-refractivity contribution is -0.123. The molecular formula is C26H23NO4. The normalized spacial score (nSPS) is 11.3. The Morgan fingerprint density at radius 2 is 1.52 bits per heavy atom. The first-order chi connectivity index (χ1) is 15.0. The minimum atomic E-state index is -0.427. The lowest BCUT2D eigenvalue weighted by Crippen LogP contribution is -2.41. The van der Waals surface area contributed by atoms with Gasteiger partial charge in [0.15, 0.2) is 6.61 Å². The molecule has 5 heteroatoms. The van der Waals surface area contributed by atoms with Crippen molar-refractivity contribution in [1.82, 2.24) is 5.32 Å². The molecule has 4 aromatic rings. The number of hydrogen-bond acceptors (Lipinski definition) is 4. The number of rotatable bonds is 7. The Morgan fingerprint density at radius 3 is 2.16 bits per heavy atom. The Labute approximate surface area is 180 Å². The first-order valence-corrected chi connectivity index (χ1v) is 10.1. The monoisotopic (exact) mass is 413 g/mol. The van der Waals surface area contributed by atoms with Crippen LogP contribution < -0.4 is 15.7 Å². The standard InChI is InChI=1S/C26H23NO4/c1-26(20-8-4-2-5-9-20,21-10-6-3-7-11-21)18-27-24(28)17-30-22-14-12-19-13-15-25(29)31-23(19)16-22/h2-16H,17-18H2,1H3,(H,27,28). The van der Waals surface area contributed by atoms with Gasteiger partial charge in [0.25, 0.3) is 5.91 Å². The molecule has 0 atom stereocenters. The van der Waals surface area contributed by atoms with Gasteiger partial charge in [0.05, 0.1) is 0 Å². The lowest BCUT2D eigenvalue weighted by atomic mass is 9.76. The van der Waals surface area contributed by atoms with E-state index in [1.807, 2.05) is 36.4 Å². The van der Waals surface area contributed by atoms with Gasteiger partial charge in [-0.15, -0.1) is 0 Å². The average Bonchev–Trinajstić information content (AvgIpc) is 2.82. The predicted octanol–water partition coefficient (Wildman–Crippen LogP) is 4.29. The average molecular weight is 413 g/mol. The van der Waals surface area contributed by atoms with Crippen molar-refractivity contribution in [2.75, 3.05) is 13.2 Å². The van der Waals surface area contributed by atoms with Crippen LogP contribution in [-0.4, -0.2) is 19.1 Å². The summed E-state index contributed by atoms with van der Waals surface area (Å²) in [6, 6.07) is 28.4. The van der Waals surface area contributed by atoms with Gasteiger partial charge in [-0.3, -0.25) is 4.79 Å². The minimum Gasteiger partial charge on any atom is -0.484 e. The van der Waals surface area contributed by atoms with E-state index >= 15 is 0 Å². The molecule has 0 aliphatic rings. The zero-order valence-electron chi connectivity index (χ0n) is 17.2. The van der Waals surface area contributed by atoms with Gasteiger partial charge in [-0.2, -0.15) is 0 Å². The first kappa shape index (κ1) is 20.4. The molecule has 156 valence electrons. The second-order valence-electron chi connectivity index (χ2n) is 7.58. The van der Waals surface area contributed by atoms with Crippen molar-refractivity contribution < 1.29 is 13.9 Å². The van der Waals surface area contributed by atoms with Crippen LogP contribution in [0.3, 0.4) is 0 Å². The van der Waals surface area contributed by atoms with E-state index in [-0.39, 0.29) is 17.9 Å². The highest BCUT2D eigenvalue weighted by Gasteiger charge is 2.29. The van der Waals surface area contributed by atoms with Gasteiger partial charge in [0.1, 0.15) is 11.3 Å². The zero-order chi connectivity index (χ0) is 21.7. The van der Waals surface area contributed by atoms with Crippen LogP contribution >= 0.6 is 0 Å². The van der Waals surface area contributed by atoms with Crippen molar-refractivity contribution in [3.8, 4) is 5.75 Å². The van der Waals surface area contributed by atoms with E-state index in [0.717, 1.165) is 16.5 Å². The molecule has 0 fully saturated rings. The summed E-state index contributed by atoms with van der Waals surface area (Å²) in [5.41, 5.74) is 1.85. The molecule has 5 nitrogen and oxygen atoms in total. The van der Waals surface area contributed by atoms with Gasteiger partial charge in [0, 0.05) is 29.5 Å². The molecule has 3 aromatic carbocycles. The molecule has 0 aliphatic carbocycles. The molecular weight excluding hydrogens is 390 g/mol. The third-order valence-electron chi connectivity index (χ3n) is 5.43. The van der Waals surface area contributed by atoms with Crippen molar-refractivity contribution in [2.45, 2.75) is 12.3 Å². The Bertz CT molecular complexity index is 1190. The van der Waals surface area contributed by atoms with Crippen molar-refractivity contribution in [2.24, 2.45) is 0 Å². The van der Waals surface area contributed by atoms with E-state index in [4.69, 9.17) is 9.15 Å². The fourth-order valence-corrected chi connectivity index (χ4v) is 3.59. The van der Waals surface area contributed by atoms with Crippen LogP contribution in [0.4, 0.5) is 0 Å². The van der Waals surface area contributed by atoms with E-state index in [9.17, 15) is 9.59 Å². The van der Waals surface area contributed by atoms with E-state index < -0.39 is 5.63 Å². The van der Waals surface area contributed by atoms with Crippen LogP contribution in [0.25, 0.3) is 11.0 Å². The summed E-state index contributed by atoms with van der Waals surface area (Å²) in [5, 5.41) is 3.79. The summed E-state index contributed by atoms with van der Waals surface area (Å²) >= 11 is 0. The highest BCUT2D eigenvalue weighted by molar-refractivity contribution is 5.79. The number of benzene rings is 3. The van der Waals surface area contributed by atoms with Crippen LogP contribution in [-0.2, 0) is 10.2 Å². The fraction of sp³-hybridized carbons (Fsp3) is 0.154. The Kier molecular flexibility index (Phi) is 5.85. The number of ether oxygens (including phenoxy) is 1. The summed E-state index contributed by atoms with van der Waals surface area (Å²) in [6.07, 6.45) is 0. The highest BCUT2D eigenvalue weighted by atomic mass is 16.5. The molecule has 0 unspecified atom stereocenters. The molecule has 1 aromatic heterocycles. The van der Waals surface area contributed by atoms with Gasteiger partial charge in [-0.1, -0.05) is 60.7 Å². The van der Waals surface area contributed by atoms with Crippen LogP contribution in [0.5, 0.6) is 5.75 Å². The smallest absolute Gasteiger partial charge is 0.336 e. The molecule has 4 rings (SSSR count). The largest absolute Gasteiger partial charge is 0.484 e. The number of carbonyl (C=O) groups excluding carboxylic acids is 1. The highest BCUT2D eigenvalue weighted by Crippen LogP contribution is 2.31. The fourth-order valence-electron chi connectivity index (χ4n) is 3.59. The van der Waals surface area contributed by atoms with Gasteiger partial charge in [0.2, 0.25) is 0 Å². The molecule has 0 bridgehead atoms. The second kappa shape index (κ2) is 8.88. The van der Waals surface area contributed by atoms with Crippen LogP contribution in [0.15, 0.2) is 100 Å². The molecule has 0 saturated carbocycles. The summed E-state index contributed by atoms with van der Waals surface area (Å²) in [5.74, 6) is 0.235. The maximum absolute atomic E-state index is 12.5. The van der Waals surface area contributed by atoms with Crippen LogP contribution in [0.2, 0.25) is 0 Å². The number of amides is 1. The molecule has 0 aliphatic heterocycles. The zero-order valence-corrected chi connectivity index (χ0v) is 17.2. The maximum atomic E-state index is 12.5. The van der Waals surface area contributed by atoms with Crippen molar-refractivity contribution >= 4 is 16.9 Å². The number of nitrogens with one attached hydrogen (secondary N) is 1. The Hall–Kier alpha value is -3.86. The summed E-state index contributed by atoms with van der Waals surface area (Å²) in [7, 11) is 0. The molecule has 1 N–H and O–H groups in total. The Morgan fingerprint density at radius 1 is 0.903 bits per heavy atom. The molecule has 1 amide bonds. The molecule has 31 heavy (non-hydrogen) atoms. The van der Waals surface area contributed by atoms with E-state index in [1.54, 1.807) is 24.3 Å². The Balaban J connectivity index is 1.44. The van der Waals surface area contributed by atoms with E-state index in [2.05, 4.69) is 36.5 Å². The van der Waals surface area contributed by atoms with Gasteiger partial charge in [-0.25, -0.2) is 4.79 Å². The summed E-state index contributed by atoms with van der Waals surface area (Å²) in [4.78, 5) is 23.9. The molecule has 0 saturated heterocycles.